The molecule has 1 aromatic rings. The monoisotopic (exact) mass is 381 g/mol. The first kappa shape index (κ1) is 19.6. The molecule has 0 bridgehead atoms. The SMILES string of the molecule is CN(C)C(=O)C(=O)N1CCC(NC(=O)C(=O)Nc2ccc(Cl)cn2)CC1. The van der Waals surface area contributed by atoms with Gasteiger partial charge in [0, 0.05) is 39.4 Å². The number of hydrogen-bond donors (Lipinski definition) is 2. The highest BCUT2D eigenvalue weighted by Crippen LogP contribution is 2.12. The highest BCUT2D eigenvalue weighted by atomic mass is 35.5. The van der Waals surface area contributed by atoms with E-state index in [1.165, 1.54) is 36.2 Å². The van der Waals surface area contributed by atoms with Gasteiger partial charge in [0.05, 0.1) is 5.02 Å². The minimum Gasteiger partial charge on any atom is -0.345 e. The smallest absolute Gasteiger partial charge is 0.314 e. The highest BCUT2D eigenvalue weighted by Gasteiger charge is 2.29. The molecule has 0 atom stereocenters. The molecule has 1 aliphatic rings. The summed E-state index contributed by atoms with van der Waals surface area (Å²) in [5, 5.41) is 5.42. The number of piperidine rings is 1. The van der Waals surface area contributed by atoms with E-state index in [1.807, 2.05) is 0 Å². The quantitative estimate of drug-likeness (QED) is 0.693. The van der Waals surface area contributed by atoms with Gasteiger partial charge in [-0.2, -0.15) is 0 Å². The fraction of sp³-hybridized carbons (Fsp3) is 0.438. The molecule has 0 unspecified atom stereocenters. The maximum absolute atomic E-state index is 12.0. The second kappa shape index (κ2) is 8.61. The molecule has 9 nitrogen and oxygen atoms in total. The van der Waals surface area contributed by atoms with E-state index in [-0.39, 0.29) is 11.9 Å². The Morgan fingerprint density at radius 1 is 1.15 bits per heavy atom. The van der Waals surface area contributed by atoms with Gasteiger partial charge in [0.25, 0.3) is 0 Å². The first-order chi connectivity index (χ1) is 12.3. The lowest BCUT2D eigenvalue weighted by atomic mass is 10.0. The zero-order valence-corrected chi connectivity index (χ0v) is 15.2. The van der Waals surface area contributed by atoms with Crippen LogP contribution in [-0.2, 0) is 19.2 Å². The number of nitrogens with one attached hydrogen (secondary N) is 2. The predicted octanol–water partition coefficient (Wildman–Crippen LogP) is -0.131. The Kier molecular flexibility index (Phi) is 6.51. The Bertz CT molecular complexity index is 699. The molecule has 2 heterocycles. The van der Waals surface area contributed by atoms with Crippen LogP contribution in [0.4, 0.5) is 5.82 Å². The molecule has 0 spiro atoms. The second-order valence-corrected chi connectivity index (χ2v) is 6.49. The van der Waals surface area contributed by atoms with Crippen LogP contribution in [0.25, 0.3) is 0 Å². The molecule has 2 N–H and O–H groups in total. The summed E-state index contributed by atoms with van der Waals surface area (Å²) < 4.78 is 0. The summed E-state index contributed by atoms with van der Waals surface area (Å²) in [4.78, 5) is 54.1. The maximum atomic E-state index is 12.0. The van der Waals surface area contributed by atoms with E-state index in [9.17, 15) is 19.2 Å². The second-order valence-electron chi connectivity index (χ2n) is 6.06. The van der Waals surface area contributed by atoms with Crippen molar-refractivity contribution in [2.45, 2.75) is 18.9 Å². The molecule has 1 aliphatic heterocycles. The number of halogens is 1. The van der Waals surface area contributed by atoms with Gasteiger partial charge in [-0.25, -0.2) is 4.98 Å². The molecule has 0 saturated carbocycles. The Labute approximate surface area is 155 Å². The van der Waals surface area contributed by atoms with Crippen molar-refractivity contribution < 1.29 is 19.2 Å². The summed E-state index contributed by atoms with van der Waals surface area (Å²) in [7, 11) is 3.03. The van der Waals surface area contributed by atoms with Crippen molar-refractivity contribution in [2.75, 3.05) is 32.5 Å². The first-order valence-corrected chi connectivity index (χ1v) is 8.39. The van der Waals surface area contributed by atoms with E-state index in [1.54, 1.807) is 6.07 Å². The van der Waals surface area contributed by atoms with Crippen molar-refractivity contribution in [1.82, 2.24) is 20.1 Å². The number of anilines is 1. The van der Waals surface area contributed by atoms with Gasteiger partial charge < -0.3 is 20.4 Å². The summed E-state index contributed by atoms with van der Waals surface area (Å²) in [6.07, 6.45) is 2.28. The molecule has 2 rings (SSSR count). The molecule has 10 heteroatoms. The van der Waals surface area contributed by atoms with E-state index in [2.05, 4.69) is 15.6 Å². The number of pyridine rings is 1. The third-order valence-corrected chi connectivity index (χ3v) is 4.11. The van der Waals surface area contributed by atoms with Gasteiger partial charge in [-0.1, -0.05) is 11.6 Å². The van der Waals surface area contributed by atoms with Crippen LogP contribution in [0, 0.1) is 0 Å². The molecular formula is C16H20ClN5O4. The average molecular weight is 382 g/mol. The fourth-order valence-corrected chi connectivity index (χ4v) is 2.54. The number of likely N-dealkylation sites (tertiary alicyclic amines) is 1. The van der Waals surface area contributed by atoms with Crippen molar-refractivity contribution >= 4 is 41.0 Å². The number of aromatic nitrogens is 1. The lowest BCUT2D eigenvalue weighted by molar-refractivity contribution is -0.151. The molecule has 1 saturated heterocycles. The number of carbonyl (C=O) groups is 4. The van der Waals surface area contributed by atoms with Crippen molar-refractivity contribution in [3.63, 3.8) is 0 Å². The molecule has 1 fully saturated rings. The Hall–Kier alpha value is -2.68. The Morgan fingerprint density at radius 2 is 1.81 bits per heavy atom. The van der Waals surface area contributed by atoms with Gasteiger partial charge in [0.1, 0.15) is 5.82 Å². The van der Waals surface area contributed by atoms with E-state index < -0.39 is 23.6 Å². The fourth-order valence-electron chi connectivity index (χ4n) is 2.43. The van der Waals surface area contributed by atoms with Crippen molar-refractivity contribution in [2.24, 2.45) is 0 Å². The predicted molar refractivity (Wildman–Crippen MR) is 94.3 cm³/mol. The van der Waals surface area contributed by atoms with Crippen LogP contribution < -0.4 is 10.6 Å². The number of hydrogen-bond acceptors (Lipinski definition) is 5. The topological polar surface area (TPSA) is 112 Å². The maximum Gasteiger partial charge on any atom is 0.314 e. The largest absolute Gasteiger partial charge is 0.345 e. The minimum atomic E-state index is -0.832. The molecule has 0 aliphatic carbocycles. The average Bonchev–Trinajstić information content (AvgIpc) is 2.62. The lowest BCUT2D eigenvalue weighted by Gasteiger charge is -2.32. The van der Waals surface area contributed by atoms with Gasteiger partial charge in [0.15, 0.2) is 0 Å². The van der Waals surface area contributed by atoms with Crippen molar-refractivity contribution in [1.29, 1.82) is 0 Å². The van der Waals surface area contributed by atoms with Gasteiger partial charge in [0.2, 0.25) is 0 Å². The van der Waals surface area contributed by atoms with Crippen LogP contribution >= 0.6 is 11.6 Å². The number of rotatable bonds is 2. The van der Waals surface area contributed by atoms with E-state index >= 15 is 0 Å². The van der Waals surface area contributed by atoms with E-state index in [0.29, 0.717) is 31.0 Å². The summed E-state index contributed by atoms with van der Waals surface area (Å²) in [6, 6.07) is 2.79. The zero-order chi connectivity index (χ0) is 19.3. The molecular weight excluding hydrogens is 362 g/mol. The summed E-state index contributed by atoms with van der Waals surface area (Å²) in [6.45, 7) is 0.674. The molecule has 140 valence electrons. The first-order valence-electron chi connectivity index (χ1n) is 8.02. The zero-order valence-electron chi connectivity index (χ0n) is 14.5. The third-order valence-electron chi connectivity index (χ3n) is 3.88. The summed E-state index contributed by atoms with van der Waals surface area (Å²) in [5.74, 6) is -2.54. The summed E-state index contributed by atoms with van der Waals surface area (Å²) >= 11 is 5.70. The van der Waals surface area contributed by atoms with Gasteiger partial charge in [-0.3, -0.25) is 19.2 Å². The molecule has 0 aromatic carbocycles. The van der Waals surface area contributed by atoms with E-state index in [0.717, 1.165) is 0 Å². The van der Waals surface area contributed by atoms with Crippen molar-refractivity contribution in [3.05, 3.63) is 23.4 Å². The molecule has 1 aromatic heterocycles. The number of nitrogens with zero attached hydrogens (tertiary/aromatic N) is 3. The van der Waals surface area contributed by atoms with Gasteiger partial charge in [-0.15, -0.1) is 0 Å². The lowest BCUT2D eigenvalue weighted by Crippen LogP contribution is -2.51. The van der Waals surface area contributed by atoms with Crippen LogP contribution in [0.1, 0.15) is 12.8 Å². The normalized spacial score (nSPS) is 14.5. The molecule has 4 amide bonds. The Morgan fingerprint density at radius 3 is 2.35 bits per heavy atom. The van der Waals surface area contributed by atoms with Crippen LogP contribution in [-0.4, -0.2) is 71.6 Å². The molecule has 0 radical (unpaired) electrons. The summed E-state index contributed by atoms with van der Waals surface area (Å²) in [5.41, 5.74) is 0. The van der Waals surface area contributed by atoms with Crippen molar-refractivity contribution in [3.8, 4) is 0 Å². The standard InChI is InChI=1S/C16H20ClN5O4/c1-21(2)15(25)16(26)22-7-5-11(6-8-22)19-13(23)14(24)20-12-4-3-10(17)9-18-12/h3-4,9,11H,5-8H2,1-2H3,(H,19,23)(H,18,20,24). The van der Waals surface area contributed by atoms with E-state index in [4.69, 9.17) is 11.6 Å². The molecule has 26 heavy (non-hydrogen) atoms. The number of carbonyl (C=O) groups excluding carboxylic acids is 4. The minimum absolute atomic E-state index is 0.220. The van der Waals surface area contributed by atoms with Crippen LogP contribution in [0.15, 0.2) is 18.3 Å². The Balaban J connectivity index is 1.80. The van der Waals surface area contributed by atoms with Crippen LogP contribution in [0.5, 0.6) is 0 Å². The van der Waals surface area contributed by atoms with Crippen LogP contribution in [0.3, 0.4) is 0 Å². The highest BCUT2D eigenvalue weighted by molar-refractivity contribution is 6.39. The number of likely N-dealkylation sites (N-methyl/N-ethyl adjacent to an activating group) is 1. The van der Waals surface area contributed by atoms with Gasteiger partial charge in [-0.05, 0) is 25.0 Å². The number of amides is 4. The third kappa shape index (κ3) is 5.16. The van der Waals surface area contributed by atoms with Crippen LogP contribution in [0.2, 0.25) is 5.02 Å². The van der Waals surface area contributed by atoms with Gasteiger partial charge >= 0.3 is 23.6 Å².